The van der Waals surface area contributed by atoms with Gasteiger partial charge in [0, 0.05) is 46.3 Å². The summed E-state index contributed by atoms with van der Waals surface area (Å²) in [5, 5.41) is 3.42. The Hall–Kier alpha value is -1.13. The minimum Gasteiger partial charge on any atom is -0.355 e. The second-order valence-electron chi connectivity index (χ2n) is 6.76. The van der Waals surface area contributed by atoms with Gasteiger partial charge in [0.15, 0.2) is 15.8 Å². The number of guanidine groups is 1. The molecule has 0 aromatic heterocycles. The quantitative estimate of drug-likeness (QED) is 0.384. The number of aliphatic imine (C=N–C) groups is 1. The van der Waals surface area contributed by atoms with Gasteiger partial charge in [-0.1, -0.05) is 36.4 Å². The third kappa shape index (κ3) is 6.46. The van der Waals surface area contributed by atoms with Crippen LogP contribution < -0.4 is 5.32 Å². The van der Waals surface area contributed by atoms with Crippen LogP contribution in [0.25, 0.3) is 5.57 Å². The van der Waals surface area contributed by atoms with Crippen LogP contribution in [-0.4, -0.2) is 82.0 Å². The number of halogens is 1. The van der Waals surface area contributed by atoms with Gasteiger partial charge >= 0.3 is 0 Å². The summed E-state index contributed by atoms with van der Waals surface area (Å²) in [6, 6.07) is 10.5. The number of hydrogen-bond acceptors (Lipinski definition) is 4. The Morgan fingerprint density at radius 3 is 2.44 bits per heavy atom. The van der Waals surface area contributed by atoms with Gasteiger partial charge < -0.3 is 10.2 Å². The monoisotopic (exact) mass is 504 g/mol. The summed E-state index contributed by atoms with van der Waals surface area (Å²) in [5.41, 5.74) is 2.70. The summed E-state index contributed by atoms with van der Waals surface area (Å²) in [4.78, 5) is 8.86. The molecule has 0 atom stereocenters. The van der Waals surface area contributed by atoms with Crippen molar-refractivity contribution in [3.8, 4) is 0 Å². The van der Waals surface area contributed by atoms with E-state index in [1.807, 2.05) is 13.1 Å². The molecule has 2 aliphatic heterocycles. The molecule has 1 aromatic carbocycles. The van der Waals surface area contributed by atoms with Gasteiger partial charge in [0.2, 0.25) is 0 Å². The van der Waals surface area contributed by atoms with E-state index in [0.717, 1.165) is 38.6 Å². The zero-order valence-corrected chi connectivity index (χ0v) is 18.9. The number of sulfone groups is 1. The molecule has 8 heteroatoms. The standard InChI is InChI=1S/C19H28N4O2S.HI/c1-20-19(21-9-12-22-13-15-26(24,25)16-14-22)23-10-7-18(8-11-23)17-5-3-2-4-6-17;/h2-7H,8-16H2,1H3,(H,20,21);1H. The molecule has 3 rings (SSSR count). The van der Waals surface area contributed by atoms with Crippen molar-refractivity contribution in [1.82, 2.24) is 15.1 Å². The van der Waals surface area contributed by atoms with Gasteiger partial charge in [-0.2, -0.15) is 0 Å². The maximum absolute atomic E-state index is 11.5. The molecule has 1 aromatic rings. The second kappa shape index (κ2) is 10.4. The highest BCUT2D eigenvalue weighted by molar-refractivity contribution is 14.0. The van der Waals surface area contributed by atoms with E-state index in [1.165, 1.54) is 11.1 Å². The van der Waals surface area contributed by atoms with Crippen molar-refractivity contribution in [1.29, 1.82) is 0 Å². The van der Waals surface area contributed by atoms with E-state index in [2.05, 4.69) is 50.5 Å². The van der Waals surface area contributed by atoms with Crippen molar-refractivity contribution in [2.75, 3.05) is 57.8 Å². The lowest BCUT2D eigenvalue weighted by Crippen LogP contribution is -2.47. The fourth-order valence-electron chi connectivity index (χ4n) is 3.41. The SMILES string of the molecule is CN=C(NCCN1CCS(=O)(=O)CC1)N1CC=C(c2ccccc2)CC1.I. The first-order chi connectivity index (χ1) is 12.6. The first-order valence-electron chi connectivity index (χ1n) is 9.20. The average Bonchev–Trinajstić information content (AvgIpc) is 2.67. The fraction of sp³-hybridized carbons (Fsp3) is 0.526. The highest BCUT2D eigenvalue weighted by Gasteiger charge is 2.21. The smallest absolute Gasteiger partial charge is 0.193 e. The van der Waals surface area contributed by atoms with E-state index >= 15 is 0 Å². The molecule has 0 unspecified atom stereocenters. The molecule has 0 bridgehead atoms. The largest absolute Gasteiger partial charge is 0.355 e. The minimum absolute atomic E-state index is 0. The average molecular weight is 504 g/mol. The van der Waals surface area contributed by atoms with Crippen LogP contribution in [0, 0.1) is 0 Å². The summed E-state index contributed by atoms with van der Waals surface area (Å²) < 4.78 is 23.0. The van der Waals surface area contributed by atoms with E-state index in [0.29, 0.717) is 13.1 Å². The molecule has 0 radical (unpaired) electrons. The first kappa shape index (κ1) is 22.2. The van der Waals surface area contributed by atoms with Crippen LogP contribution in [0.1, 0.15) is 12.0 Å². The molecule has 1 fully saturated rings. The molecule has 1 saturated heterocycles. The van der Waals surface area contributed by atoms with Gasteiger partial charge in [0.1, 0.15) is 0 Å². The van der Waals surface area contributed by atoms with Crippen LogP contribution in [-0.2, 0) is 9.84 Å². The summed E-state index contributed by atoms with van der Waals surface area (Å²) in [6.07, 6.45) is 3.29. The summed E-state index contributed by atoms with van der Waals surface area (Å²) in [7, 11) is -0.996. The molecular formula is C19H29IN4O2S. The Kier molecular flexibility index (Phi) is 8.56. The molecule has 0 amide bonds. The number of rotatable bonds is 4. The van der Waals surface area contributed by atoms with Crippen molar-refractivity contribution in [2.45, 2.75) is 6.42 Å². The van der Waals surface area contributed by atoms with E-state index in [1.54, 1.807) is 0 Å². The predicted molar refractivity (Wildman–Crippen MR) is 122 cm³/mol. The lowest BCUT2D eigenvalue weighted by molar-refractivity contribution is 0.297. The molecule has 27 heavy (non-hydrogen) atoms. The first-order valence-corrected chi connectivity index (χ1v) is 11.0. The fourth-order valence-corrected chi connectivity index (χ4v) is 4.68. The van der Waals surface area contributed by atoms with Gasteiger partial charge in [0.05, 0.1) is 11.5 Å². The van der Waals surface area contributed by atoms with Gasteiger partial charge in [-0.05, 0) is 17.6 Å². The maximum atomic E-state index is 11.5. The second-order valence-corrected chi connectivity index (χ2v) is 9.06. The lowest BCUT2D eigenvalue weighted by atomic mass is 10.00. The number of nitrogens with zero attached hydrogens (tertiary/aromatic N) is 3. The molecule has 0 spiro atoms. The summed E-state index contributed by atoms with van der Waals surface area (Å²) in [6.45, 7) is 4.69. The highest BCUT2D eigenvalue weighted by Crippen LogP contribution is 2.21. The Labute approximate surface area is 179 Å². The van der Waals surface area contributed by atoms with Crippen LogP contribution in [0.3, 0.4) is 0 Å². The molecule has 1 N–H and O–H groups in total. The molecule has 2 aliphatic rings. The summed E-state index contributed by atoms with van der Waals surface area (Å²) >= 11 is 0. The molecule has 0 saturated carbocycles. The molecule has 2 heterocycles. The van der Waals surface area contributed by atoms with Crippen molar-refractivity contribution in [2.24, 2.45) is 4.99 Å². The molecule has 6 nitrogen and oxygen atoms in total. The van der Waals surface area contributed by atoms with Crippen molar-refractivity contribution < 1.29 is 8.42 Å². The van der Waals surface area contributed by atoms with Gasteiger partial charge in [-0.15, -0.1) is 24.0 Å². The third-order valence-electron chi connectivity index (χ3n) is 5.01. The van der Waals surface area contributed by atoms with E-state index < -0.39 is 9.84 Å². The van der Waals surface area contributed by atoms with Crippen LogP contribution in [0.2, 0.25) is 0 Å². The van der Waals surface area contributed by atoms with Crippen molar-refractivity contribution in [3.63, 3.8) is 0 Å². The third-order valence-corrected chi connectivity index (χ3v) is 6.62. The van der Waals surface area contributed by atoms with Crippen LogP contribution >= 0.6 is 24.0 Å². The van der Waals surface area contributed by atoms with Crippen LogP contribution in [0.4, 0.5) is 0 Å². The summed E-state index contributed by atoms with van der Waals surface area (Å²) in [5.74, 6) is 1.47. The highest BCUT2D eigenvalue weighted by atomic mass is 127. The van der Waals surface area contributed by atoms with Gasteiger partial charge in [-0.3, -0.25) is 9.89 Å². The van der Waals surface area contributed by atoms with E-state index in [-0.39, 0.29) is 35.5 Å². The molecule has 0 aliphatic carbocycles. The van der Waals surface area contributed by atoms with Crippen LogP contribution in [0.5, 0.6) is 0 Å². The maximum Gasteiger partial charge on any atom is 0.193 e. The Morgan fingerprint density at radius 1 is 1.15 bits per heavy atom. The topological polar surface area (TPSA) is 65.0 Å². The van der Waals surface area contributed by atoms with Crippen molar-refractivity contribution in [3.05, 3.63) is 42.0 Å². The van der Waals surface area contributed by atoms with Crippen LogP contribution in [0.15, 0.2) is 41.4 Å². The van der Waals surface area contributed by atoms with E-state index in [4.69, 9.17) is 0 Å². The molecular weight excluding hydrogens is 475 g/mol. The minimum atomic E-state index is -2.81. The number of nitrogens with one attached hydrogen (secondary N) is 1. The normalized spacial score (nSPS) is 20.6. The van der Waals surface area contributed by atoms with Gasteiger partial charge in [0.25, 0.3) is 0 Å². The Bertz CT molecular complexity index is 751. The van der Waals surface area contributed by atoms with Gasteiger partial charge in [-0.25, -0.2) is 8.42 Å². The Balaban J connectivity index is 0.00000261. The Morgan fingerprint density at radius 2 is 1.85 bits per heavy atom. The zero-order chi connectivity index (χ0) is 18.4. The number of benzene rings is 1. The molecule has 150 valence electrons. The lowest BCUT2D eigenvalue weighted by Gasteiger charge is -2.31. The zero-order valence-electron chi connectivity index (χ0n) is 15.8. The van der Waals surface area contributed by atoms with E-state index in [9.17, 15) is 8.42 Å². The van der Waals surface area contributed by atoms with Crippen molar-refractivity contribution >= 4 is 45.3 Å². The predicted octanol–water partition coefficient (Wildman–Crippen LogP) is 1.70. The number of hydrogen-bond donors (Lipinski definition) is 1.